The van der Waals surface area contributed by atoms with E-state index < -0.39 is 16.1 Å². The Balaban J connectivity index is 2.79. The van der Waals surface area contributed by atoms with Gasteiger partial charge >= 0.3 is 0 Å². The van der Waals surface area contributed by atoms with Gasteiger partial charge < -0.3 is 5.32 Å². The van der Waals surface area contributed by atoms with Crippen LogP contribution in [0.2, 0.25) is 0 Å². The van der Waals surface area contributed by atoms with E-state index in [1.54, 1.807) is 11.4 Å². The summed E-state index contributed by atoms with van der Waals surface area (Å²) in [6.07, 6.45) is 1.77. The number of amides is 1. The topological polar surface area (TPSA) is 75.3 Å². The normalized spacial score (nSPS) is 15.1. The van der Waals surface area contributed by atoms with Crippen molar-refractivity contribution in [3.8, 4) is 0 Å². The number of hydrogen-bond donors (Lipinski definition) is 2. The first-order valence-electron chi connectivity index (χ1n) is 5.64. The molecule has 0 aliphatic carbocycles. The van der Waals surface area contributed by atoms with Crippen LogP contribution in [0.3, 0.4) is 0 Å². The van der Waals surface area contributed by atoms with Gasteiger partial charge in [-0.25, -0.2) is 13.1 Å². The second-order valence-electron chi connectivity index (χ2n) is 4.25. The number of nitrogens with one attached hydrogen (secondary N) is 2. The lowest BCUT2D eigenvalue weighted by Crippen LogP contribution is -2.47. The summed E-state index contributed by atoms with van der Waals surface area (Å²) in [6, 6.07) is 1.03. The Morgan fingerprint density at radius 1 is 1.50 bits per heavy atom. The van der Waals surface area contributed by atoms with E-state index in [4.69, 9.17) is 0 Å². The summed E-state index contributed by atoms with van der Waals surface area (Å²) in [5.41, 5.74) is 0.689. The van der Waals surface area contributed by atoms with Crippen LogP contribution in [0.1, 0.15) is 20.3 Å². The molecule has 18 heavy (non-hydrogen) atoms. The highest BCUT2D eigenvalue weighted by molar-refractivity contribution is 7.88. The third-order valence-corrected chi connectivity index (χ3v) is 3.99. The SMILES string of the molecule is CCC(C)C(NS(C)(=O)=O)C(=O)Nc1ccsc1. The van der Waals surface area contributed by atoms with Crippen molar-refractivity contribution in [2.24, 2.45) is 5.92 Å². The van der Waals surface area contributed by atoms with Gasteiger partial charge in [-0.1, -0.05) is 20.3 Å². The maximum absolute atomic E-state index is 12.1. The monoisotopic (exact) mass is 290 g/mol. The molecule has 0 saturated carbocycles. The molecular formula is C11H18N2O3S2. The molecule has 0 bridgehead atoms. The van der Waals surface area contributed by atoms with Crippen molar-refractivity contribution in [2.45, 2.75) is 26.3 Å². The van der Waals surface area contributed by atoms with E-state index in [1.807, 2.05) is 19.2 Å². The fraction of sp³-hybridized carbons (Fsp3) is 0.545. The summed E-state index contributed by atoms with van der Waals surface area (Å²) in [7, 11) is -3.41. The van der Waals surface area contributed by atoms with Gasteiger partial charge in [-0.05, 0) is 17.4 Å². The predicted octanol–water partition coefficient (Wildman–Crippen LogP) is 1.65. The second kappa shape index (κ2) is 6.31. The molecule has 0 spiro atoms. The van der Waals surface area contributed by atoms with Gasteiger partial charge in [0.15, 0.2) is 0 Å². The van der Waals surface area contributed by atoms with Crippen LogP contribution in [0.15, 0.2) is 16.8 Å². The molecule has 0 fully saturated rings. The Morgan fingerprint density at radius 3 is 2.61 bits per heavy atom. The highest BCUT2D eigenvalue weighted by Crippen LogP contribution is 2.15. The smallest absolute Gasteiger partial charge is 0.242 e. The van der Waals surface area contributed by atoms with Crippen LogP contribution in [-0.4, -0.2) is 26.6 Å². The second-order valence-corrected chi connectivity index (χ2v) is 6.81. The summed E-state index contributed by atoms with van der Waals surface area (Å²) in [4.78, 5) is 12.1. The zero-order valence-electron chi connectivity index (χ0n) is 10.6. The van der Waals surface area contributed by atoms with Crippen molar-refractivity contribution in [3.05, 3.63) is 16.8 Å². The third kappa shape index (κ3) is 4.75. The Labute approximate surface area is 112 Å². The molecule has 0 radical (unpaired) electrons. The lowest BCUT2D eigenvalue weighted by Gasteiger charge is -2.22. The standard InChI is InChI=1S/C11H18N2O3S2/c1-4-8(2)10(13-18(3,15)16)11(14)12-9-5-6-17-7-9/h5-8,10,13H,4H2,1-3H3,(H,12,14). The molecule has 5 nitrogen and oxygen atoms in total. The molecule has 1 aromatic rings. The molecular weight excluding hydrogens is 272 g/mol. The number of sulfonamides is 1. The molecule has 0 aliphatic heterocycles. The van der Waals surface area contributed by atoms with Gasteiger partial charge in [0, 0.05) is 5.38 Å². The van der Waals surface area contributed by atoms with Crippen molar-refractivity contribution < 1.29 is 13.2 Å². The van der Waals surface area contributed by atoms with Gasteiger partial charge in [0.1, 0.15) is 6.04 Å². The molecule has 1 rings (SSSR count). The number of hydrogen-bond acceptors (Lipinski definition) is 4. The Hall–Kier alpha value is -0.920. The number of carbonyl (C=O) groups excluding carboxylic acids is 1. The quantitative estimate of drug-likeness (QED) is 0.836. The minimum atomic E-state index is -3.41. The minimum absolute atomic E-state index is 0.0710. The van der Waals surface area contributed by atoms with E-state index in [1.165, 1.54) is 11.3 Å². The molecule has 102 valence electrons. The molecule has 1 amide bonds. The summed E-state index contributed by atoms with van der Waals surface area (Å²) in [5, 5.41) is 6.35. The molecule has 1 heterocycles. The van der Waals surface area contributed by atoms with Crippen LogP contribution in [0.25, 0.3) is 0 Å². The number of rotatable bonds is 6. The van der Waals surface area contributed by atoms with Crippen LogP contribution >= 0.6 is 11.3 Å². The van der Waals surface area contributed by atoms with Crippen LogP contribution in [0.5, 0.6) is 0 Å². The van der Waals surface area contributed by atoms with Crippen LogP contribution in [0.4, 0.5) is 5.69 Å². The van der Waals surface area contributed by atoms with Gasteiger partial charge in [-0.3, -0.25) is 4.79 Å². The van der Waals surface area contributed by atoms with Crippen LogP contribution in [0, 0.1) is 5.92 Å². The van der Waals surface area contributed by atoms with Crippen molar-refractivity contribution in [2.75, 3.05) is 11.6 Å². The van der Waals surface area contributed by atoms with Crippen LogP contribution < -0.4 is 10.0 Å². The van der Waals surface area contributed by atoms with Gasteiger partial charge in [0.05, 0.1) is 11.9 Å². The average Bonchev–Trinajstić information content (AvgIpc) is 2.76. The van der Waals surface area contributed by atoms with Crippen molar-refractivity contribution in [3.63, 3.8) is 0 Å². The Morgan fingerprint density at radius 2 is 2.17 bits per heavy atom. The van der Waals surface area contributed by atoms with E-state index in [2.05, 4.69) is 10.0 Å². The Bertz CT molecular complexity index is 482. The number of thiophene rings is 1. The molecule has 2 unspecified atom stereocenters. The van der Waals surface area contributed by atoms with E-state index in [-0.39, 0.29) is 11.8 Å². The molecule has 0 aliphatic rings. The fourth-order valence-electron chi connectivity index (χ4n) is 1.45. The molecule has 0 aromatic carbocycles. The summed E-state index contributed by atoms with van der Waals surface area (Å²) in [5.74, 6) is -0.397. The summed E-state index contributed by atoms with van der Waals surface area (Å²) >= 11 is 1.47. The largest absolute Gasteiger partial charge is 0.324 e. The summed E-state index contributed by atoms with van der Waals surface area (Å²) in [6.45, 7) is 3.76. The van der Waals surface area contributed by atoms with Gasteiger partial charge in [0.2, 0.25) is 15.9 Å². The third-order valence-electron chi connectivity index (χ3n) is 2.63. The lowest BCUT2D eigenvalue weighted by molar-refractivity contribution is -0.118. The summed E-state index contributed by atoms with van der Waals surface area (Å²) < 4.78 is 24.9. The van der Waals surface area contributed by atoms with E-state index in [9.17, 15) is 13.2 Å². The van der Waals surface area contributed by atoms with Gasteiger partial charge in [-0.15, -0.1) is 0 Å². The van der Waals surface area contributed by atoms with Crippen LogP contribution in [-0.2, 0) is 14.8 Å². The first kappa shape index (κ1) is 15.1. The van der Waals surface area contributed by atoms with Crippen molar-refractivity contribution in [1.82, 2.24) is 4.72 Å². The van der Waals surface area contributed by atoms with Crippen molar-refractivity contribution in [1.29, 1.82) is 0 Å². The molecule has 2 atom stereocenters. The lowest BCUT2D eigenvalue weighted by atomic mass is 9.99. The van der Waals surface area contributed by atoms with E-state index in [0.717, 1.165) is 6.26 Å². The van der Waals surface area contributed by atoms with Crippen molar-refractivity contribution >= 4 is 33.0 Å². The highest BCUT2D eigenvalue weighted by Gasteiger charge is 2.27. The zero-order chi connectivity index (χ0) is 13.8. The first-order valence-corrected chi connectivity index (χ1v) is 8.47. The average molecular weight is 290 g/mol. The molecule has 7 heteroatoms. The minimum Gasteiger partial charge on any atom is -0.324 e. The fourth-order valence-corrected chi connectivity index (χ4v) is 2.84. The van der Waals surface area contributed by atoms with E-state index in [0.29, 0.717) is 12.1 Å². The van der Waals surface area contributed by atoms with Gasteiger partial charge in [0.25, 0.3) is 0 Å². The number of carbonyl (C=O) groups is 1. The molecule has 2 N–H and O–H groups in total. The maximum atomic E-state index is 12.1. The number of anilines is 1. The zero-order valence-corrected chi connectivity index (χ0v) is 12.3. The van der Waals surface area contributed by atoms with Gasteiger partial charge in [-0.2, -0.15) is 11.3 Å². The predicted molar refractivity (Wildman–Crippen MR) is 74.2 cm³/mol. The van der Waals surface area contributed by atoms with E-state index >= 15 is 0 Å². The molecule has 0 saturated heterocycles. The Kier molecular flexibility index (Phi) is 5.30. The maximum Gasteiger partial charge on any atom is 0.242 e. The first-order chi connectivity index (χ1) is 8.33. The highest BCUT2D eigenvalue weighted by atomic mass is 32.2. The molecule has 1 aromatic heterocycles.